The largest absolute Gasteiger partial charge is 0.462 e. The second-order valence-electron chi connectivity index (χ2n) is 16.6. The number of carbonyl (C=O) groups excluding carboxylic acids is 2. The number of rotatable bonds is 35. The Balaban J connectivity index is 1.86. The van der Waals surface area contributed by atoms with E-state index in [1.54, 1.807) is 0 Å². The van der Waals surface area contributed by atoms with Crippen LogP contribution in [-0.2, 0) is 38.0 Å². The Labute approximate surface area is 381 Å². The van der Waals surface area contributed by atoms with Crippen molar-refractivity contribution < 1.29 is 73.8 Å². The number of aliphatic hydroxyl groups is 7. The molecule has 0 spiro atoms. The van der Waals surface area contributed by atoms with Crippen molar-refractivity contribution in [2.45, 2.75) is 210 Å². The fourth-order valence-corrected chi connectivity index (χ4v) is 7.07. The van der Waals surface area contributed by atoms with Crippen LogP contribution in [0, 0.1) is 0 Å². The molecule has 0 bridgehead atoms. The minimum absolute atomic E-state index is 0.138. The molecule has 2 saturated heterocycles. The van der Waals surface area contributed by atoms with Crippen LogP contribution < -0.4 is 0 Å². The van der Waals surface area contributed by atoms with Crippen LogP contribution in [0.5, 0.6) is 0 Å². The average Bonchev–Trinajstić information content (AvgIpc) is 3.29. The van der Waals surface area contributed by atoms with Crippen molar-refractivity contribution in [2.24, 2.45) is 0 Å². The molecular weight excluding hydrogens is 829 g/mol. The van der Waals surface area contributed by atoms with E-state index in [9.17, 15) is 45.3 Å². The Morgan fingerprint density at radius 3 is 1.53 bits per heavy atom. The fraction of sp³-hybridized carbons (Fsp3) is 0.755. The maximum Gasteiger partial charge on any atom is 0.306 e. The molecule has 0 radical (unpaired) electrons. The summed E-state index contributed by atoms with van der Waals surface area (Å²) in [5, 5.41) is 71.9. The van der Waals surface area contributed by atoms with Gasteiger partial charge in [-0.2, -0.15) is 0 Å². The summed E-state index contributed by atoms with van der Waals surface area (Å²) in [4.78, 5) is 25.6. The number of hydrogen-bond donors (Lipinski definition) is 7. The predicted molar refractivity (Wildman–Crippen MR) is 243 cm³/mol. The van der Waals surface area contributed by atoms with Gasteiger partial charge in [0.15, 0.2) is 18.7 Å². The highest BCUT2D eigenvalue weighted by atomic mass is 16.7. The third-order valence-electron chi connectivity index (χ3n) is 11.0. The van der Waals surface area contributed by atoms with Crippen molar-refractivity contribution >= 4 is 11.9 Å². The molecule has 0 aromatic carbocycles. The molecular formula is C49H82O15. The monoisotopic (exact) mass is 911 g/mol. The van der Waals surface area contributed by atoms with Crippen LogP contribution in [0.15, 0.2) is 60.8 Å². The van der Waals surface area contributed by atoms with E-state index in [1.165, 1.54) is 44.9 Å². The van der Waals surface area contributed by atoms with Crippen LogP contribution in [0.1, 0.15) is 142 Å². The molecule has 64 heavy (non-hydrogen) atoms. The average molecular weight is 911 g/mol. The first-order valence-corrected chi connectivity index (χ1v) is 23.9. The van der Waals surface area contributed by atoms with E-state index in [-0.39, 0.29) is 19.4 Å². The summed E-state index contributed by atoms with van der Waals surface area (Å²) < 4.78 is 33.4. The van der Waals surface area contributed by atoms with Crippen LogP contribution in [0.25, 0.3) is 0 Å². The molecule has 0 aliphatic carbocycles. The number of unbranched alkanes of at least 4 members (excludes halogenated alkanes) is 11. The lowest BCUT2D eigenvalue weighted by atomic mass is 9.98. The van der Waals surface area contributed by atoms with Gasteiger partial charge in [-0.1, -0.05) is 139 Å². The van der Waals surface area contributed by atoms with E-state index < -0.39 is 99.3 Å². The zero-order valence-corrected chi connectivity index (χ0v) is 38.5. The van der Waals surface area contributed by atoms with Gasteiger partial charge >= 0.3 is 11.9 Å². The highest BCUT2D eigenvalue weighted by Gasteiger charge is 2.47. The van der Waals surface area contributed by atoms with E-state index in [0.717, 1.165) is 51.4 Å². The molecule has 7 N–H and O–H groups in total. The topological polar surface area (TPSA) is 231 Å². The summed E-state index contributed by atoms with van der Waals surface area (Å²) in [5.41, 5.74) is 0. The lowest BCUT2D eigenvalue weighted by molar-refractivity contribution is -0.332. The Bertz CT molecular complexity index is 1350. The lowest BCUT2D eigenvalue weighted by Gasteiger charge is -2.42. The first-order valence-electron chi connectivity index (χ1n) is 23.9. The van der Waals surface area contributed by atoms with Gasteiger partial charge < -0.3 is 64.2 Å². The van der Waals surface area contributed by atoms with Gasteiger partial charge in [0.25, 0.3) is 0 Å². The second kappa shape index (κ2) is 36.3. The van der Waals surface area contributed by atoms with Gasteiger partial charge in [-0.05, 0) is 51.4 Å². The van der Waals surface area contributed by atoms with Gasteiger partial charge in [0.1, 0.15) is 55.4 Å². The Kier molecular flexibility index (Phi) is 32.5. The van der Waals surface area contributed by atoms with Gasteiger partial charge in [-0.3, -0.25) is 9.59 Å². The van der Waals surface area contributed by atoms with Crippen molar-refractivity contribution in [2.75, 3.05) is 26.4 Å². The Morgan fingerprint density at radius 2 is 0.984 bits per heavy atom. The summed E-state index contributed by atoms with van der Waals surface area (Å²) in [6.45, 7) is 2.38. The van der Waals surface area contributed by atoms with Gasteiger partial charge in [-0.25, -0.2) is 0 Å². The van der Waals surface area contributed by atoms with E-state index in [1.807, 2.05) is 12.2 Å². The van der Waals surface area contributed by atoms with Gasteiger partial charge in [0, 0.05) is 12.8 Å². The van der Waals surface area contributed by atoms with Crippen molar-refractivity contribution in [1.29, 1.82) is 0 Å². The SMILES string of the molecule is CC/C=C/C/C=C/C/C=C/C/C=C/C/C=C/CCCC(=O)OC[C@@H](CO[C@@H]1O[C@H](CO[C@@H]2O[C@H](CO)[C@H](O)C(O)C2O)[C@H](O)C(O)C1O)OC(=O)CCCCCCCCCCCCC. The number of allylic oxidation sites excluding steroid dienone is 10. The number of aliphatic hydroxyl groups excluding tert-OH is 7. The maximum absolute atomic E-state index is 12.9. The zero-order valence-electron chi connectivity index (χ0n) is 38.5. The molecule has 15 heteroatoms. The molecule has 11 atom stereocenters. The van der Waals surface area contributed by atoms with Gasteiger partial charge in [0.05, 0.1) is 19.8 Å². The third kappa shape index (κ3) is 24.6. The molecule has 2 rings (SSSR count). The molecule has 0 aromatic heterocycles. The highest BCUT2D eigenvalue weighted by Crippen LogP contribution is 2.26. The summed E-state index contributed by atoms with van der Waals surface area (Å²) in [5.74, 6) is -0.998. The third-order valence-corrected chi connectivity index (χ3v) is 11.0. The minimum atomic E-state index is -1.77. The number of hydrogen-bond acceptors (Lipinski definition) is 15. The molecule has 2 heterocycles. The quantitative estimate of drug-likeness (QED) is 0.0230. The molecule has 2 fully saturated rings. The Morgan fingerprint density at radius 1 is 0.516 bits per heavy atom. The molecule has 0 amide bonds. The molecule has 4 unspecified atom stereocenters. The normalized spacial score (nSPS) is 27.1. The Hall–Kier alpha value is -2.80. The molecule has 0 saturated carbocycles. The minimum Gasteiger partial charge on any atom is -0.462 e. The lowest BCUT2D eigenvalue weighted by Crippen LogP contribution is -2.61. The zero-order chi connectivity index (χ0) is 46.8. The standard InChI is InChI=1S/C49H82O15/c1-3-5-7-9-11-13-15-16-17-18-19-20-22-23-25-27-29-31-40(51)59-34-37(62-41(52)32-30-28-26-24-21-14-12-10-8-6-4-2)35-60-48-47(58)45(56)43(54)39(64-48)36-61-49-46(57)44(55)42(53)38(33-50)63-49/h5,7,11,13,16-17,19-20,23,25,37-39,42-50,53-58H,3-4,6,8-10,12,14-15,18,21-22,24,26-36H2,1-2H3/b7-5+,13-11+,17-16+,20-19+,25-23+/t37-,38+,39+,42-,43-,44?,45?,46?,47?,48+,49+/m0/s1. The summed E-state index contributed by atoms with van der Waals surface area (Å²) >= 11 is 0. The van der Waals surface area contributed by atoms with Crippen LogP contribution in [0.4, 0.5) is 0 Å². The van der Waals surface area contributed by atoms with Crippen LogP contribution in [0.3, 0.4) is 0 Å². The molecule has 2 aliphatic heterocycles. The molecule has 15 nitrogen and oxygen atoms in total. The summed E-state index contributed by atoms with van der Waals surface area (Å²) in [7, 11) is 0. The fourth-order valence-electron chi connectivity index (χ4n) is 7.07. The second-order valence-corrected chi connectivity index (χ2v) is 16.6. The smallest absolute Gasteiger partial charge is 0.306 e. The predicted octanol–water partition coefficient (Wildman–Crippen LogP) is 5.70. The van der Waals surface area contributed by atoms with Crippen LogP contribution in [-0.4, -0.2) is 142 Å². The van der Waals surface area contributed by atoms with E-state index in [0.29, 0.717) is 19.3 Å². The molecule has 2 aliphatic rings. The number of ether oxygens (including phenoxy) is 6. The first kappa shape index (κ1) is 57.3. The maximum atomic E-state index is 12.9. The van der Waals surface area contributed by atoms with E-state index in [4.69, 9.17) is 28.4 Å². The van der Waals surface area contributed by atoms with Crippen molar-refractivity contribution in [3.63, 3.8) is 0 Å². The summed E-state index contributed by atoms with van der Waals surface area (Å²) in [6, 6.07) is 0. The summed E-state index contributed by atoms with van der Waals surface area (Å²) in [6.07, 6.45) is 22.7. The van der Waals surface area contributed by atoms with Crippen LogP contribution >= 0.6 is 0 Å². The highest BCUT2D eigenvalue weighted by molar-refractivity contribution is 5.70. The molecule has 368 valence electrons. The molecule has 0 aromatic rings. The van der Waals surface area contributed by atoms with Crippen molar-refractivity contribution in [1.82, 2.24) is 0 Å². The number of carbonyl (C=O) groups is 2. The van der Waals surface area contributed by atoms with E-state index in [2.05, 4.69) is 62.5 Å². The van der Waals surface area contributed by atoms with E-state index >= 15 is 0 Å². The first-order chi connectivity index (χ1) is 31.0. The number of esters is 2. The van der Waals surface area contributed by atoms with Crippen molar-refractivity contribution in [3.8, 4) is 0 Å². The van der Waals surface area contributed by atoms with Gasteiger partial charge in [0.2, 0.25) is 0 Å². The van der Waals surface area contributed by atoms with Gasteiger partial charge in [-0.15, -0.1) is 0 Å². The van der Waals surface area contributed by atoms with Crippen molar-refractivity contribution in [3.05, 3.63) is 60.8 Å². The van der Waals surface area contributed by atoms with Crippen LogP contribution in [0.2, 0.25) is 0 Å².